The van der Waals surface area contributed by atoms with Crippen LogP contribution in [-0.2, 0) is 15.9 Å². The smallest absolute Gasteiger partial charge is 0.214 e. The minimum atomic E-state index is -3.63. The van der Waals surface area contributed by atoms with Crippen LogP contribution in [-0.4, -0.2) is 15.5 Å². The van der Waals surface area contributed by atoms with Crippen molar-refractivity contribution in [2.24, 2.45) is 0 Å². The van der Waals surface area contributed by atoms with E-state index in [4.69, 9.17) is 11.6 Å². The number of sulfonamides is 1. The van der Waals surface area contributed by atoms with Crippen LogP contribution in [0, 0.1) is 12.7 Å². The predicted molar refractivity (Wildman–Crippen MR) is 56.9 cm³/mol. The van der Waals surface area contributed by atoms with Crippen molar-refractivity contribution in [2.45, 2.75) is 17.7 Å². The molecule has 0 saturated carbocycles. The Bertz CT molecular complexity index is 473. The van der Waals surface area contributed by atoms with E-state index in [2.05, 4.69) is 4.72 Å². The topological polar surface area (TPSA) is 46.2 Å². The molecular formula is C9H11ClFNO2S. The van der Waals surface area contributed by atoms with Crippen molar-refractivity contribution in [1.82, 2.24) is 4.72 Å². The molecule has 1 aromatic carbocycles. The molecule has 0 saturated heterocycles. The monoisotopic (exact) mass is 251 g/mol. The maximum Gasteiger partial charge on any atom is 0.240 e. The molecular weight excluding hydrogens is 241 g/mol. The summed E-state index contributed by atoms with van der Waals surface area (Å²) in [5.41, 5.74) is 0.534. The number of benzene rings is 1. The molecule has 1 aromatic rings. The molecule has 0 aliphatic rings. The fourth-order valence-electron chi connectivity index (χ4n) is 1.17. The van der Waals surface area contributed by atoms with Gasteiger partial charge in [-0.2, -0.15) is 0 Å². The fraction of sp³-hybridized carbons (Fsp3) is 0.333. The second kappa shape index (κ2) is 4.47. The lowest BCUT2D eigenvalue weighted by Gasteiger charge is -2.08. The van der Waals surface area contributed by atoms with E-state index in [0.29, 0.717) is 5.56 Å². The molecule has 0 bridgehead atoms. The van der Waals surface area contributed by atoms with Gasteiger partial charge in [0.2, 0.25) is 10.0 Å². The Labute approximate surface area is 93.3 Å². The van der Waals surface area contributed by atoms with E-state index >= 15 is 0 Å². The number of hydrogen-bond donors (Lipinski definition) is 1. The summed E-state index contributed by atoms with van der Waals surface area (Å²) in [6, 6.07) is 2.61. The van der Waals surface area contributed by atoms with Crippen LogP contribution in [0.25, 0.3) is 0 Å². The normalized spacial score (nSPS) is 11.7. The Kier molecular flexibility index (Phi) is 3.70. The number of nitrogens with one attached hydrogen (secondary N) is 1. The van der Waals surface area contributed by atoms with Crippen LogP contribution in [0.3, 0.4) is 0 Å². The second-order valence-electron chi connectivity index (χ2n) is 3.04. The third-order valence-corrected chi connectivity index (χ3v) is 3.92. The minimum Gasteiger partial charge on any atom is -0.214 e. The number of alkyl halides is 1. The van der Waals surface area contributed by atoms with Crippen molar-refractivity contribution in [3.05, 3.63) is 29.1 Å². The van der Waals surface area contributed by atoms with E-state index in [1.54, 1.807) is 0 Å². The van der Waals surface area contributed by atoms with Gasteiger partial charge in [-0.05, 0) is 31.7 Å². The number of rotatable bonds is 3. The molecule has 0 unspecified atom stereocenters. The van der Waals surface area contributed by atoms with Gasteiger partial charge >= 0.3 is 0 Å². The summed E-state index contributed by atoms with van der Waals surface area (Å²) < 4.78 is 38.5. The molecule has 0 aliphatic heterocycles. The molecule has 0 radical (unpaired) electrons. The second-order valence-corrected chi connectivity index (χ2v) is 5.16. The van der Waals surface area contributed by atoms with E-state index in [1.165, 1.54) is 26.1 Å². The highest BCUT2D eigenvalue weighted by Gasteiger charge is 2.18. The summed E-state index contributed by atoms with van der Waals surface area (Å²) in [5, 5.41) is 0. The van der Waals surface area contributed by atoms with Crippen LogP contribution in [0.15, 0.2) is 17.0 Å². The van der Waals surface area contributed by atoms with Gasteiger partial charge in [-0.1, -0.05) is 0 Å². The van der Waals surface area contributed by atoms with Crippen molar-refractivity contribution >= 4 is 21.6 Å². The summed E-state index contributed by atoms with van der Waals surface area (Å²) in [4.78, 5) is -0.0688. The molecule has 1 rings (SSSR count). The zero-order chi connectivity index (χ0) is 11.6. The molecule has 0 aliphatic carbocycles. The summed E-state index contributed by atoms with van der Waals surface area (Å²) in [7, 11) is -2.35. The molecule has 3 nitrogen and oxygen atoms in total. The van der Waals surface area contributed by atoms with Gasteiger partial charge in [0.15, 0.2) is 0 Å². The maximum atomic E-state index is 13.3. The van der Waals surface area contributed by atoms with Gasteiger partial charge in [-0.3, -0.25) is 0 Å². The first-order chi connectivity index (χ1) is 6.92. The van der Waals surface area contributed by atoms with E-state index in [1.807, 2.05) is 0 Å². The fourth-order valence-corrected chi connectivity index (χ4v) is 2.35. The van der Waals surface area contributed by atoms with Crippen LogP contribution >= 0.6 is 11.6 Å². The van der Waals surface area contributed by atoms with Gasteiger partial charge < -0.3 is 0 Å². The molecule has 0 heterocycles. The van der Waals surface area contributed by atoms with Crippen molar-refractivity contribution in [2.75, 3.05) is 7.05 Å². The van der Waals surface area contributed by atoms with E-state index in [-0.39, 0.29) is 16.3 Å². The average molecular weight is 252 g/mol. The quantitative estimate of drug-likeness (QED) is 0.833. The third kappa shape index (κ3) is 2.48. The lowest BCUT2D eigenvalue weighted by Crippen LogP contribution is -2.20. The highest BCUT2D eigenvalue weighted by Crippen LogP contribution is 2.21. The summed E-state index contributed by atoms with van der Waals surface area (Å²) in [5.74, 6) is -0.495. The molecule has 84 valence electrons. The van der Waals surface area contributed by atoms with E-state index < -0.39 is 15.8 Å². The molecule has 0 fully saturated rings. The Hall–Kier alpha value is -0.650. The lowest BCUT2D eigenvalue weighted by molar-refractivity contribution is 0.579. The van der Waals surface area contributed by atoms with Crippen LogP contribution in [0.5, 0.6) is 0 Å². The Morgan fingerprint density at radius 3 is 2.53 bits per heavy atom. The number of halogens is 2. The Morgan fingerprint density at radius 1 is 1.47 bits per heavy atom. The van der Waals surface area contributed by atoms with Gasteiger partial charge in [0.25, 0.3) is 0 Å². The summed E-state index contributed by atoms with van der Waals surface area (Å²) in [6.07, 6.45) is 0. The average Bonchev–Trinajstić information content (AvgIpc) is 2.21. The van der Waals surface area contributed by atoms with Crippen molar-refractivity contribution in [3.63, 3.8) is 0 Å². The van der Waals surface area contributed by atoms with Crippen LogP contribution in [0.4, 0.5) is 4.39 Å². The summed E-state index contributed by atoms with van der Waals surface area (Å²) >= 11 is 5.53. The van der Waals surface area contributed by atoms with Gasteiger partial charge in [-0.15, -0.1) is 11.6 Å². The highest BCUT2D eigenvalue weighted by molar-refractivity contribution is 7.89. The third-order valence-electron chi connectivity index (χ3n) is 2.07. The largest absolute Gasteiger partial charge is 0.240 e. The van der Waals surface area contributed by atoms with E-state index in [0.717, 1.165) is 0 Å². The number of hydrogen-bond acceptors (Lipinski definition) is 2. The molecule has 15 heavy (non-hydrogen) atoms. The van der Waals surface area contributed by atoms with E-state index in [9.17, 15) is 12.8 Å². The predicted octanol–water partition coefficient (Wildman–Crippen LogP) is 1.78. The zero-order valence-electron chi connectivity index (χ0n) is 8.34. The molecule has 0 aromatic heterocycles. The van der Waals surface area contributed by atoms with Gasteiger partial charge in [0.1, 0.15) is 5.82 Å². The van der Waals surface area contributed by atoms with Gasteiger partial charge in [0.05, 0.1) is 4.90 Å². The molecule has 0 atom stereocenters. The van der Waals surface area contributed by atoms with Gasteiger partial charge in [-0.25, -0.2) is 17.5 Å². The van der Waals surface area contributed by atoms with Crippen molar-refractivity contribution in [1.29, 1.82) is 0 Å². The minimum absolute atomic E-state index is 0.0688. The molecule has 0 spiro atoms. The molecule has 1 N–H and O–H groups in total. The maximum absolute atomic E-state index is 13.3. The van der Waals surface area contributed by atoms with Crippen LogP contribution < -0.4 is 4.72 Å². The van der Waals surface area contributed by atoms with Crippen molar-refractivity contribution < 1.29 is 12.8 Å². The Balaban J connectivity index is 3.48. The van der Waals surface area contributed by atoms with Crippen molar-refractivity contribution in [3.8, 4) is 0 Å². The standard InChI is InChI=1S/C9H11ClFNO2S/c1-6-8(11)3-7(5-10)4-9(6)15(13,14)12-2/h3-4,12H,5H2,1-2H3. The summed E-state index contributed by atoms with van der Waals surface area (Å²) in [6.45, 7) is 1.41. The molecule has 6 heteroatoms. The van der Waals surface area contributed by atoms with Crippen LogP contribution in [0.1, 0.15) is 11.1 Å². The zero-order valence-corrected chi connectivity index (χ0v) is 9.91. The molecule has 0 amide bonds. The SMILES string of the molecule is CNS(=O)(=O)c1cc(CCl)cc(F)c1C. The highest BCUT2D eigenvalue weighted by atomic mass is 35.5. The Morgan fingerprint density at radius 2 is 2.07 bits per heavy atom. The van der Waals surface area contributed by atoms with Crippen LogP contribution in [0.2, 0.25) is 0 Å². The lowest BCUT2D eigenvalue weighted by atomic mass is 10.1. The van der Waals surface area contributed by atoms with Gasteiger partial charge in [0, 0.05) is 11.4 Å². The first-order valence-electron chi connectivity index (χ1n) is 4.21. The first kappa shape index (κ1) is 12.4. The first-order valence-corrected chi connectivity index (χ1v) is 6.22.